The minimum atomic E-state index is -0.537. The third kappa shape index (κ3) is 6.05. The summed E-state index contributed by atoms with van der Waals surface area (Å²) in [6, 6.07) is -0.468. The number of nitrogens with two attached hydrogens (primary N) is 1. The van der Waals surface area contributed by atoms with Gasteiger partial charge in [0.25, 0.3) is 0 Å². The number of carbonyl (C=O) groups is 1. The average molecular weight is 232 g/mol. The van der Waals surface area contributed by atoms with Crippen LogP contribution in [0.2, 0.25) is 0 Å². The van der Waals surface area contributed by atoms with Crippen LogP contribution >= 0.6 is 0 Å². The maximum absolute atomic E-state index is 11.5. The lowest BCUT2D eigenvalue weighted by atomic mass is 9.99. The largest absolute Gasteiger partial charge is 0.391 e. The van der Waals surface area contributed by atoms with Crippen LogP contribution in [-0.2, 0) is 9.53 Å². The van der Waals surface area contributed by atoms with Crippen LogP contribution in [-0.4, -0.2) is 43.4 Å². The second-order valence-electron chi connectivity index (χ2n) is 4.10. The first kappa shape index (κ1) is 15.3. The van der Waals surface area contributed by atoms with Crippen LogP contribution in [0.1, 0.15) is 26.7 Å². The van der Waals surface area contributed by atoms with Crippen molar-refractivity contribution >= 4 is 5.91 Å². The fourth-order valence-corrected chi connectivity index (χ4v) is 1.27. The van der Waals surface area contributed by atoms with Crippen LogP contribution in [0.4, 0.5) is 0 Å². The van der Waals surface area contributed by atoms with Gasteiger partial charge in [0, 0.05) is 13.7 Å². The Morgan fingerprint density at radius 3 is 2.69 bits per heavy atom. The van der Waals surface area contributed by atoms with Gasteiger partial charge in [0.2, 0.25) is 5.91 Å². The molecule has 0 aromatic rings. The molecule has 3 atom stereocenters. The van der Waals surface area contributed by atoms with E-state index in [-0.39, 0.29) is 18.4 Å². The van der Waals surface area contributed by atoms with Gasteiger partial charge in [0.05, 0.1) is 18.8 Å². The smallest absolute Gasteiger partial charge is 0.237 e. The van der Waals surface area contributed by atoms with Crippen molar-refractivity contribution in [3.05, 3.63) is 0 Å². The van der Waals surface area contributed by atoms with Crippen molar-refractivity contribution < 1.29 is 14.6 Å². The normalized spacial score (nSPS) is 16.6. The molecule has 0 fully saturated rings. The summed E-state index contributed by atoms with van der Waals surface area (Å²) in [5.74, 6) is 0.0165. The van der Waals surface area contributed by atoms with Gasteiger partial charge in [-0.05, 0) is 12.3 Å². The summed E-state index contributed by atoms with van der Waals surface area (Å²) in [7, 11) is 1.53. The second-order valence-corrected chi connectivity index (χ2v) is 4.10. The molecule has 0 aliphatic rings. The van der Waals surface area contributed by atoms with Crippen LogP contribution in [0.15, 0.2) is 0 Å². The van der Waals surface area contributed by atoms with Crippen LogP contribution in [0.25, 0.3) is 0 Å². The Bertz CT molecular complexity index is 200. The Balaban J connectivity index is 3.72. The lowest BCUT2D eigenvalue weighted by molar-refractivity contribution is -0.123. The van der Waals surface area contributed by atoms with E-state index in [1.165, 1.54) is 7.11 Å². The number of carbonyl (C=O) groups excluding carboxylic acids is 1. The molecule has 96 valence electrons. The predicted octanol–water partition coefficient (Wildman–Crippen LogP) is -0.127. The highest BCUT2D eigenvalue weighted by atomic mass is 16.5. The summed E-state index contributed by atoms with van der Waals surface area (Å²) in [5.41, 5.74) is 5.75. The van der Waals surface area contributed by atoms with Gasteiger partial charge >= 0.3 is 0 Å². The van der Waals surface area contributed by atoms with Gasteiger partial charge in [-0.25, -0.2) is 0 Å². The summed E-state index contributed by atoms with van der Waals surface area (Å²) in [6.07, 6.45) is 0.818. The lowest BCUT2D eigenvalue weighted by Gasteiger charge is -2.18. The maximum atomic E-state index is 11.5. The molecule has 0 saturated carbocycles. The Morgan fingerprint density at radius 2 is 2.19 bits per heavy atom. The van der Waals surface area contributed by atoms with Crippen LogP contribution in [0.5, 0.6) is 0 Å². The summed E-state index contributed by atoms with van der Waals surface area (Å²) >= 11 is 0. The SMILES string of the molecule is CCC(C)[C@H](N)C(=O)NCCC(O)COC. The third-order valence-electron chi connectivity index (χ3n) is 2.70. The molecule has 0 rings (SSSR count). The highest BCUT2D eigenvalue weighted by molar-refractivity contribution is 5.81. The number of aliphatic hydroxyl groups excluding tert-OH is 1. The summed E-state index contributed by atoms with van der Waals surface area (Å²) in [4.78, 5) is 11.5. The first-order chi connectivity index (χ1) is 7.52. The molecule has 0 bridgehead atoms. The van der Waals surface area contributed by atoms with Gasteiger partial charge < -0.3 is 20.9 Å². The van der Waals surface area contributed by atoms with Crippen molar-refractivity contribution in [1.82, 2.24) is 5.32 Å². The van der Waals surface area contributed by atoms with Gasteiger partial charge in [-0.15, -0.1) is 0 Å². The highest BCUT2D eigenvalue weighted by Crippen LogP contribution is 2.04. The lowest BCUT2D eigenvalue weighted by Crippen LogP contribution is -2.45. The van der Waals surface area contributed by atoms with Gasteiger partial charge in [-0.3, -0.25) is 4.79 Å². The topological polar surface area (TPSA) is 84.6 Å². The number of ether oxygens (including phenoxy) is 1. The number of rotatable bonds is 8. The molecule has 0 aromatic heterocycles. The van der Waals surface area contributed by atoms with Crippen molar-refractivity contribution in [3.8, 4) is 0 Å². The van der Waals surface area contributed by atoms with Crippen molar-refractivity contribution in [2.75, 3.05) is 20.3 Å². The van der Waals surface area contributed by atoms with E-state index in [0.717, 1.165) is 6.42 Å². The molecule has 0 radical (unpaired) electrons. The number of hydrogen-bond acceptors (Lipinski definition) is 4. The molecule has 5 nitrogen and oxygen atoms in total. The minimum absolute atomic E-state index is 0.154. The molecular formula is C11H24N2O3. The fraction of sp³-hybridized carbons (Fsp3) is 0.909. The van der Waals surface area contributed by atoms with E-state index in [4.69, 9.17) is 10.5 Å². The van der Waals surface area contributed by atoms with Gasteiger partial charge in [-0.2, -0.15) is 0 Å². The van der Waals surface area contributed by atoms with Crippen molar-refractivity contribution in [2.45, 2.75) is 38.8 Å². The van der Waals surface area contributed by atoms with E-state index < -0.39 is 12.1 Å². The molecule has 0 saturated heterocycles. The van der Waals surface area contributed by atoms with Crippen LogP contribution in [0.3, 0.4) is 0 Å². The van der Waals surface area contributed by atoms with E-state index in [1.807, 2.05) is 13.8 Å². The zero-order valence-corrected chi connectivity index (χ0v) is 10.4. The van der Waals surface area contributed by atoms with Crippen LogP contribution < -0.4 is 11.1 Å². The number of amides is 1. The standard InChI is InChI=1S/C11H24N2O3/c1-4-8(2)10(12)11(15)13-6-5-9(14)7-16-3/h8-10,14H,4-7,12H2,1-3H3,(H,13,15)/t8?,9?,10-/m0/s1. The molecule has 0 aliphatic carbocycles. The monoisotopic (exact) mass is 232 g/mol. The molecule has 1 amide bonds. The van der Waals surface area contributed by atoms with Gasteiger partial charge in [-0.1, -0.05) is 20.3 Å². The maximum Gasteiger partial charge on any atom is 0.237 e. The molecule has 0 aromatic carbocycles. The first-order valence-corrected chi connectivity index (χ1v) is 5.73. The van der Waals surface area contributed by atoms with Crippen molar-refractivity contribution in [3.63, 3.8) is 0 Å². The number of hydrogen-bond donors (Lipinski definition) is 3. The predicted molar refractivity (Wildman–Crippen MR) is 62.9 cm³/mol. The summed E-state index contributed by atoms with van der Waals surface area (Å²) in [5, 5.41) is 12.1. The highest BCUT2D eigenvalue weighted by Gasteiger charge is 2.18. The summed E-state index contributed by atoms with van der Waals surface area (Å²) < 4.78 is 4.78. The molecule has 4 N–H and O–H groups in total. The molecule has 0 heterocycles. The molecule has 0 spiro atoms. The summed E-state index contributed by atoms with van der Waals surface area (Å²) in [6.45, 7) is 4.66. The van der Waals surface area contributed by atoms with Gasteiger partial charge in [0.1, 0.15) is 0 Å². The zero-order valence-electron chi connectivity index (χ0n) is 10.4. The Kier molecular flexibility index (Phi) is 8.15. The Labute approximate surface area is 97.3 Å². The van der Waals surface area contributed by atoms with E-state index in [9.17, 15) is 9.90 Å². The van der Waals surface area contributed by atoms with Crippen LogP contribution in [0, 0.1) is 5.92 Å². The van der Waals surface area contributed by atoms with Crippen molar-refractivity contribution in [2.24, 2.45) is 11.7 Å². The van der Waals surface area contributed by atoms with E-state index >= 15 is 0 Å². The van der Waals surface area contributed by atoms with Gasteiger partial charge in [0.15, 0.2) is 0 Å². The Hall–Kier alpha value is -0.650. The fourth-order valence-electron chi connectivity index (χ4n) is 1.27. The third-order valence-corrected chi connectivity index (χ3v) is 2.70. The molecule has 5 heteroatoms. The Morgan fingerprint density at radius 1 is 1.56 bits per heavy atom. The van der Waals surface area contributed by atoms with Crippen molar-refractivity contribution in [1.29, 1.82) is 0 Å². The first-order valence-electron chi connectivity index (χ1n) is 5.73. The quantitative estimate of drug-likeness (QED) is 0.544. The zero-order chi connectivity index (χ0) is 12.6. The average Bonchev–Trinajstić information content (AvgIpc) is 2.27. The number of methoxy groups -OCH3 is 1. The molecule has 2 unspecified atom stereocenters. The molecular weight excluding hydrogens is 208 g/mol. The second kappa shape index (κ2) is 8.50. The molecule has 16 heavy (non-hydrogen) atoms. The number of aliphatic hydroxyl groups is 1. The van der Waals surface area contributed by atoms with E-state index in [1.54, 1.807) is 0 Å². The van der Waals surface area contributed by atoms with E-state index in [2.05, 4.69) is 5.32 Å². The minimum Gasteiger partial charge on any atom is -0.391 e. The molecule has 0 aliphatic heterocycles. The van der Waals surface area contributed by atoms with E-state index in [0.29, 0.717) is 13.0 Å². The number of nitrogens with one attached hydrogen (secondary N) is 1.